The molecule has 0 fully saturated rings. The minimum atomic E-state index is -5.09. The van der Waals surface area contributed by atoms with Gasteiger partial charge < -0.3 is 14.8 Å². The Labute approximate surface area is 224 Å². The van der Waals surface area contributed by atoms with Gasteiger partial charge in [0.1, 0.15) is 17.0 Å². The van der Waals surface area contributed by atoms with Crippen LogP contribution >= 0.6 is 0 Å². The molecule has 0 spiro atoms. The summed E-state index contributed by atoms with van der Waals surface area (Å²) in [4.78, 5) is 13.5. The first-order valence-corrected chi connectivity index (χ1v) is 11.7. The molecule has 0 heterocycles. The van der Waals surface area contributed by atoms with Crippen molar-refractivity contribution in [2.75, 3.05) is 0 Å². The highest BCUT2D eigenvalue weighted by atomic mass is 19.4. The van der Waals surface area contributed by atoms with Crippen LogP contribution < -0.4 is 14.8 Å². The standard InChI is InChI=1S/C29H20F7NO3/c30-25(19-9-3-1-4-10-19)27(37-26(38)20-11-5-2-6-12-20,21-13-7-15-23(17-21)39-28(31,32)33)22-14-8-16-24(18-22)40-29(34,35)36/h1-18,25H,(H,37,38). The fraction of sp³-hybridized carbons (Fsp3) is 0.138. The Morgan fingerprint density at radius 2 is 1.07 bits per heavy atom. The van der Waals surface area contributed by atoms with Gasteiger partial charge in [-0.2, -0.15) is 0 Å². The molecule has 1 unspecified atom stereocenters. The summed E-state index contributed by atoms with van der Waals surface area (Å²) in [6.45, 7) is 0. The Morgan fingerprint density at radius 1 is 0.625 bits per heavy atom. The fourth-order valence-corrected chi connectivity index (χ4v) is 4.26. The molecule has 208 valence electrons. The first-order chi connectivity index (χ1) is 18.9. The molecule has 4 rings (SSSR count). The topological polar surface area (TPSA) is 47.6 Å². The van der Waals surface area contributed by atoms with E-state index in [0.717, 1.165) is 36.4 Å². The molecule has 11 heteroatoms. The van der Waals surface area contributed by atoms with Crippen molar-refractivity contribution in [3.05, 3.63) is 131 Å². The van der Waals surface area contributed by atoms with Crippen molar-refractivity contribution >= 4 is 5.91 Å². The number of alkyl halides is 7. The molecule has 0 radical (unpaired) electrons. The van der Waals surface area contributed by atoms with Crippen molar-refractivity contribution in [3.63, 3.8) is 0 Å². The van der Waals surface area contributed by atoms with Gasteiger partial charge in [0.05, 0.1) is 0 Å². The van der Waals surface area contributed by atoms with E-state index in [1.165, 1.54) is 60.7 Å². The maximum Gasteiger partial charge on any atom is 0.573 e. The van der Waals surface area contributed by atoms with Gasteiger partial charge in [-0.1, -0.05) is 72.8 Å². The highest BCUT2D eigenvalue weighted by Crippen LogP contribution is 2.46. The second-order valence-electron chi connectivity index (χ2n) is 8.55. The van der Waals surface area contributed by atoms with Crippen LogP contribution in [-0.4, -0.2) is 18.6 Å². The number of ether oxygens (including phenoxy) is 2. The molecule has 1 N–H and O–H groups in total. The Bertz CT molecular complexity index is 1380. The summed E-state index contributed by atoms with van der Waals surface area (Å²) in [5.41, 5.74) is -2.78. The number of benzene rings is 4. The summed E-state index contributed by atoms with van der Waals surface area (Å²) in [5.74, 6) is -2.30. The Hall–Kier alpha value is -4.54. The molecule has 40 heavy (non-hydrogen) atoms. The zero-order valence-electron chi connectivity index (χ0n) is 20.3. The van der Waals surface area contributed by atoms with E-state index in [1.807, 2.05) is 0 Å². The molecule has 0 aliphatic carbocycles. The lowest BCUT2D eigenvalue weighted by Gasteiger charge is -2.39. The van der Waals surface area contributed by atoms with Crippen molar-refractivity contribution in [1.29, 1.82) is 0 Å². The largest absolute Gasteiger partial charge is 0.573 e. The second kappa shape index (κ2) is 11.3. The monoisotopic (exact) mass is 563 g/mol. The number of hydrogen-bond acceptors (Lipinski definition) is 3. The van der Waals surface area contributed by atoms with E-state index >= 15 is 4.39 Å². The number of nitrogens with one attached hydrogen (secondary N) is 1. The van der Waals surface area contributed by atoms with Crippen molar-refractivity contribution < 1.29 is 45.0 Å². The van der Waals surface area contributed by atoms with Gasteiger partial charge in [0.15, 0.2) is 6.17 Å². The average Bonchev–Trinajstić information content (AvgIpc) is 2.90. The van der Waals surface area contributed by atoms with E-state index in [4.69, 9.17) is 0 Å². The van der Waals surface area contributed by atoms with Gasteiger partial charge in [-0.15, -0.1) is 26.3 Å². The molecule has 0 saturated heterocycles. The lowest BCUT2D eigenvalue weighted by Crippen LogP contribution is -2.50. The maximum atomic E-state index is 16.9. The molecule has 0 aliphatic rings. The molecule has 0 aliphatic heterocycles. The smallest absolute Gasteiger partial charge is 0.406 e. The minimum absolute atomic E-state index is 0.0138. The lowest BCUT2D eigenvalue weighted by atomic mass is 9.76. The van der Waals surface area contributed by atoms with E-state index in [9.17, 15) is 31.1 Å². The second-order valence-corrected chi connectivity index (χ2v) is 8.55. The normalized spacial score (nSPS) is 12.9. The van der Waals surface area contributed by atoms with E-state index < -0.39 is 41.8 Å². The van der Waals surface area contributed by atoms with E-state index in [2.05, 4.69) is 14.8 Å². The van der Waals surface area contributed by atoms with Gasteiger partial charge in [0, 0.05) is 5.56 Å². The summed E-state index contributed by atoms with van der Waals surface area (Å²) in [7, 11) is 0. The van der Waals surface area contributed by atoms with Crippen LogP contribution in [0.15, 0.2) is 109 Å². The number of hydrogen-bond donors (Lipinski definition) is 1. The first-order valence-electron chi connectivity index (χ1n) is 11.7. The molecule has 4 nitrogen and oxygen atoms in total. The van der Waals surface area contributed by atoms with Crippen LogP contribution in [0.2, 0.25) is 0 Å². The summed E-state index contributed by atoms with van der Waals surface area (Å²) in [6.07, 6.45) is -12.4. The van der Waals surface area contributed by atoms with Crippen LogP contribution in [0.1, 0.15) is 33.2 Å². The van der Waals surface area contributed by atoms with Crippen LogP contribution in [-0.2, 0) is 5.54 Å². The number of carbonyl (C=O) groups is 1. The molecule has 1 amide bonds. The van der Waals surface area contributed by atoms with Crippen LogP contribution in [0.25, 0.3) is 0 Å². The molecule has 1 atom stereocenters. The third-order valence-corrected chi connectivity index (χ3v) is 5.86. The van der Waals surface area contributed by atoms with Gasteiger partial charge >= 0.3 is 12.7 Å². The quantitative estimate of drug-likeness (QED) is 0.222. The van der Waals surface area contributed by atoms with Gasteiger partial charge in [-0.25, -0.2) is 4.39 Å². The number of amides is 1. The van der Waals surface area contributed by atoms with Crippen LogP contribution in [0.4, 0.5) is 30.7 Å². The highest BCUT2D eigenvalue weighted by molar-refractivity contribution is 5.95. The van der Waals surface area contributed by atoms with Crippen LogP contribution in [0.5, 0.6) is 11.5 Å². The van der Waals surface area contributed by atoms with Crippen molar-refractivity contribution in [2.24, 2.45) is 0 Å². The Kier molecular flexibility index (Phi) is 8.03. The van der Waals surface area contributed by atoms with Crippen LogP contribution in [0, 0.1) is 0 Å². The minimum Gasteiger partial charge on any atom is -0.406 e. The molecule has 0 bridgehead atoms. The number of halogens is 7. The molecule has 4 aromatic rings. The van der Waals surface area contributed by atoms with Crippen LogP contribution in [0.3, 0.4) is 0 Å². The molecular weight excluding hydrogens is 543 g/mol. The van der Waals surface area contributed by atoms with E-state index in [-0.39, 0.29) is 22.3 Å². The predicted molar refractivity (Wildman–Crippen MR) is 131 cm³/mol. The summed E-state index contributed by atoms with van der Waals surface area (Å²) in [6, 6.07) is 23.3. The molecular formula is C29H20F7NO3. The summed E-state index contributed by atoms with van der Waals surface area (Å²) in [5, 5.41) is 2.57. The maximum absolute atomic E-state index is 16.9. The molecule has 0 aromatic heterocycles. The average molecular weight is 563 g/mol. The van der Waals surface area contributed by atoms with E-state index in [1.54, 1.807) is 12.1 Å². The summed E-state index contributed by atoms with van der Waals surface area (Å²) < 4.78 is 103. The van der Waals surface area contributed by atoms with Crippen molar-refractivity contribution in [1.82, 2.24) is 5.32 Å². The van der Waals surface area contributed by atoms with Crippen molar-refractivity contribution in [2.45, 2.75) is 24.4 Å². The third-order valence-electron chi connectivity index (χ3n) is 5.86. The number of carbonyl (C=O) groups excluding carboxylic acids is 1. The first kappa shape index (κ1) is 28.5. The predicted octanol–water partition coefficient (Wildman–Crippen LogP) is 7.87. The van der Waals surface area contributed by atoms with Crippen molar-refractivity contribution in [3.8, 4) is 11.5 Å². The highest BCUT2D eigenvalue weighted by Gasteiger charge is 2.46. The zero-order chi connectivity index (χ0) is 29.0. The lowest BCUT2D eigenvalue weighted by molar-refractivity contribution is -0.275. The third kappa shape index (κ3) is 6.71. The molecule has 0 saturated carbocycles. The van der Waals surface area contributed by atoms with Gasteiger partial charge in [0.25, 0.3) is 5.91 Å². The van der Waals surface area contributed by atoms with Gasteiger partial charge in [-0.3, -0.25) is 4.79 Å². The SMILES string of the molecule is O=C(NC(c1cccc(OC(F)(F)F)c1)(c1cccc(OC(F)(F)F)c1)C(F)c1ccccc1)c1ccccc1. The molecule has 4 aromatic carbocycles. The van der Waals surface area contributed by atoms with Gasteiger partial charge in [0.2, 0.25) is 0 Å². The summed E-state index contributed by atoms with van der Waals surface area (Å²) >= 11 is 0. The van der Waals surface area contributed by atoms with Gasteiger partial charge in [-0.05, 0) is 53.1 Å². The Morgan fingerprint density at radius 3 is 1.52 bits per heavy atom. The van der Waals surface area contributed by atoms with E-state index in [0.29, 0.717) is 0 Å². The number of rotatable bonds is 8. The Balaban J connectivity index is 2.00. The zero-order valence-corrected chi connectivity index (χ0v) is 20.3. The fourth-order valence-electron chi connectivity index (χ4n) is 4.26.